The van der Waals surface area contributed by atoms with Crippen LogP contribution in [0.3, 0.4) is 0 Å². The van der Waals surface area contributed by atoms with Crippen molar-refractivity contribution in [2.75, 3.05) is 17.2 Å². The van der Waals surface area contributed by atoms with Gasteiger partial charge in [0.1, 0.15) is 5.66 Å². The lowest BCUT2D eigenvalue weighted by Gasteiger charge is -2.36. The average molecular weight is 543 g/mol. The van der Waals surface area contributed by atoms with Gasteiger partial charge >= 0.3 is 0 Å². The molecule has 5 aromatic carbocycles. The Balaban J connectivity index is 1.26. The van der Waals surface area contributed by atoms with Crippen LogP contribution in [0.25, 0.3) is 21.5 Å². The normalized spacial score (nSPS) is 14.3. The third-order valence-electron chi connectivity index (χ3n) is 7.11. The number of benzene rings is 5. The van der Waals surface area contributed by atoms with E-state index in [0.29, 0.717) is 6.61 Å². The van der Waals surface area contributed by atoms with Gasteiger partial charge in [-0.15, -0.1) is 15.3 Å². The summed E-state index contributed by atoms with van der Waals surface area (Å²) in [6.07, 6.45) is 1.12. The smallest absolute Gasteiger partial charge is 0.102 e. The van der Waals surface area contributed by atoms with Crippen LogP contribution in [-0.2, 0) is 11.2 Å². The molecule has 1 heterocycles. The minimum Gasteiger partial charge on any atom is -0.378 e. The van der Waals surface area contributed by atoms with Crippen molar-refractivity contribution in [3.8, 4) is 0 Å². The first-order valence-corrected chi connectivity index (χ1v) is 14.0. The van der Waals surface area contributed by atoms with Crippen molar-refractivity contribution in [3.05, 3.63) is 96.6 Å². The number of hydrogen-bond acceptors (Lipinski definition) is 7. The topological polar surface area (TPSA) is 82.7 Å². The van der Waals surface area contributed by atoms with Crippen LogP contribution in [0.1, 0.15) is 33.3 Å². The highest BCUT2D eigenvalue weighted by atomic mass is 16.5. The van der Waals surface area contributed by atoms with E-state index in [1.807, 2.05) is 54.6 Å². The molecular weight excluding hydrogens is 508 g/mol. The molecule has 0 amide bonds. The molecule has 0 aromatic heterocycles. The maximum Gasteiger partial charge on any atom is 0.102 e. The SMILES string of the molecule is CC(C)OCCc1ccc(N=Nc2ccc(N=Nc3ccc4c5c(cccc35)NC(C)(C)N4)c3ccccc23)cc1. The Morgan fingerprint density at radius 2 is 1.20 bits per heavy atom. The van der Waals surface area contributed by atoms with E-state index in [0.717, 1.165) is 62.1 Å². The fourth-order valence-corrected chi connectivity index (χ4v) is 5.19. The molecule has 5 aromatic rings. The maximum atomic E-state index is 5.65. The number of anilines is 2. The van der Waals surface area contributed by atoms with E-state index in [1.165, 1.54) is 5.56 Å². The lowest BCUT2D eigenvalue weighted by molar-refractivity contribution is 0.0813. The summed E-state index contributed by atoms with van der Waals surface area (Å²) >= 11 is 0. The van der Waals surface area contributed by atoms with E-state index in [1.54, 1.807) is 0 Å². The van der Waals surface area contributed by atoms with E-state index in [4.69, 9.17) is 15.0 Å². The van der Waals surface area contributed by atoms with Crippen LogP contribution < -0.4 is 10.6 Å². The first kappa shape index (κ1) is 26.6. The minimum absolute atomic E-state index is 0.228. The van der Waals surface area contributed by atoms with Crippen molar-refractivity contribution in [1.82, 2.24) is 0 Å². The number of nitrogens with one attached hydrogen (secondary N) is 2. The lowest BCUT2D eigenvalue weighted by Crippen LogP contribution is -2.41. The molecule has 0 fully saturated rings. The molecule has 206 valence electrons. The average Bonchev–Trinajstić information content (AvgIpc) is 2.96. The summed E-state index contributed by atoms with van der Waals surface area (Å²) in [5.74, 6) is 0. The molecule has 41 heavy (non-hydrogen) atoms. The van der Waals surface area contributed by atoms with Crippen LogP contribution in [0.15, 0.2) is 111 Å². The van der Waals surface area contributed by atoms with E-state index >= 15 is 0 Å². The largest absolute Gasteiger partial charge is 0.378 e. The van der Waals surface area contributed by atoms with Crippen LogP contribution in [-0.4, -0.2) is 18.4 Å². The van der Waals surface area contributed by atoms with Crippen molar-refractivity contribution in [3.63, 3.8) is 0 Å². The van der Waals surface area contributed by atoms with Crippen molar-refractivity contribution < 1.29 is 4.74 Å². The molecule has 0 radical (unpaired) electrons. The molecule has 0 atom stereocenters. The molecular formula is C34H34N6O. The highest BCUT2D eigenvalue weighted by Gasteiger charge is 2.25. The Hall–Kier alpha value is -4.62. The fraction of sp³-hybridized carbons (Fsp3) is 0.235. The second-order valence-corrected chi connectivity index (χ2v) is 11.1. The molecule has 7 heteroatoms. The monoisotopic (exact) mass is 542 g/mol. The number of hydrogen-bond donors (Lipinski definition) is 2. The van der Waals surface area contributed by atoms with Crippen LogP contribution >= 0.6 is 0 Å². The summed E-state index contributed by atoms with van der Waals surface area (Å²) in [6.45, 7) is 9.06. The Labute approximate surface area is 240 Å². The van der Waals surface area contributed by atoms with Gasteiger partial charge in [0.05, 0.1) is 35.5 Å². The van der Waals surface area contributed by atoms with E-state index < -0.39 is 0 Å². The Bertz CT molecular complexity index is 1760. The molecule has 2 N–H and O–H groups in total. The first-order chi connectivity index (χ1) is 19.9. The predicted octanol–water partition coefficient (Wildman–Crippen LogP) is 10.4. The Morgan fingerprint density at radius 3 is 1.85 bits per heavy atom. The van der Waals surface area contributed by atoms with Gasteiger partial charge in [-0.1, -0.05) is 48.5 Å². The molecule has 1 aliphatic rings. The number of rotatable bonds is 8. The maximum absolute atomic E-state index is 5.65. The van der Waals surface area contributed by atoms with Gasteiger partial charge in [-0.3, -0.25) is 0 Å². The number of ether oxygens (including phenoxy) is 1. The highest BCUT2D eigenvalue weighted by Crippen LogP contribution is 2.42. The fourth-order valence-electron chi connectivity index (χ4n) is 5.19. The first-order valence-electron chi connectivity index (χ1n) is 14.0. The molecule has 0 saturated carbocycles. The molecule has 7 nitrogen and oxygen atoms in total. The number of azo groups is 2. The summed E-state index contributed by atoms with van der Waals surface area (Å²) in [5.41, 5.74) is 6.37. The van der Waals surface area contributed by atoms with Gasteiger partial charge in [-0.25, -0.2) is 0 Å². The standard InChI is InChI=1S/C34H34N6O/c1-22(2)41-21-20-23-12-14-24(15-13-23)37-38-28-16-17-29(26-9-6-5-8-25(26)28)39-40-30-18-19-32-33-27(30)10-7-11-31(33)35-34(3,4)36-32/h5-19,22,35-36H,20-21H2,1-4H3. The van der Waals surface area contributed by atoms with Crippen LogP contribution in [0.2, 0.25) is 0 Å². The van der Waals surface area contributed by atoms with E-state index in [-0.39, 0.29) is 11.8 Å². The number of fused-ring (bicyclic) bond motifs is 1. The van der Waals surface area contributed by atoms with Crippen LogP contribution in [0.5, 0.6) is 0 Å². The molecule has 0 aliphatic carbocycles. The van der Waals surface area contributed by atoms with Gasteiger partial charge < -0.3 is 15.4 Å². The second-order valence-electron chi connectivity index (χ2n) is 11.1. The second kappa shape index (κ2) is 11.1. The summed E-state index contributed by atoms with van der Waals surface area (Å²) in [7, 11) is 0. The van der Waals surface area contributed by atoms with Crippen molar-refractivity contribution in [2.24, 2.45) is 20.5 Å². The molecule has 0 bridgehead atoms. The molecule has 0 unspecified atom stereocenters. The quantitative estimate of drug-likeness (QED) is 0.191. The molecule has 0 spiro atoms. The predicted molar refractivity (Wildman–Crippen MR) is 169 cm³/mol. The molecule has 6 rings (SSSR count). The summed E-state index contributed by atoms with van der Waals surface area (Å²) < 4.78 is 5.65. The third kappa shape index (κ3) is 5.81. The third-order valence-corrected chi connectivity index (χ3v) is 7.11. The van der Waals surface area contributed by atoms with E-state index in [9.17, 15) is 0 Å². The minimum atomic E-state index is -0.228. The Kier molecular flexibility index (Phi) is 7.20. The van der Waals surface area contributed by atoms with Gasteiger partial charge in [0, 0.05) is 32.9 Å². The zero-order chi connectivity index (χ0) is 28.4. The van der Waals surface area contributed by atoms with Gasteiger partial charge in [0.15, 0.2) is 0 Å². The van der Waals surface area contributed by atoms with Crippen LogP contribution in [0, 0.1) is 0 Å². The van der Waals surface area contributed by atoms with E-state index in [2.05, 4.69) is 85.0 Å². The Morgan fingerprint density at radius 1 is 0.634 bits per heavy atom. The summed E-state index contributed by atoms with van der Waals surface area (Å²) in [4.78, 5) is 0. The van der Waals surface area contributed by atoms with Crippen molar-refractivity contribution in [2.45, 2.75) is 45.9 Å². The van der Waals surface area contributed by atoms with Crippen molar-refractivity contribution >= 4 is 55.7 Å². The summed E-state index contributed by atoms with van der Waals surface area (Å²) in [5, 5.41) is 29.7. The van der Waals surface area contributed by atoms with Gasteiger partial charge in [-0.2, -0.15) is 5.11 Å². The van der Waals surface area contributed by atoms with Gasteiger partial charge in [0.2, 0.25) is 0 Å². The highest BCUT2D eigenvalue weighted by molar-refractivity contribution is 6.09. The zero-order valence-corrected chi connectivity index (χ0v) is 23.8. The lowest BCUT2D eigenvalue weighted by atomic mass is 10.00. The summed E-state index contributed by atoms with van der Waals surface area (Å²) in [6, 6.07) is 30.5. The molecule has 0 saturated heterocycles. The molecule has 1 aliphatic heterocycles. The van der Waals surface area contributed by atoms with Gasteiger partial charge in [0.25, 0.3) is 0 Å². The van der Waals surface area contributed by atoms with Crippen LogP contribution in [0.4, 0.5) is 34.1 Å². The number of nitrogens with zero attached hydrogens (tertiary/aromatic N) is 4. The van der Waals surface area contributed by atoms with Gasteiger partial charge in [-0.05, 0) is 82.1 Å². The zero-order valence-electron chi connectivity index (χ0n) is 23.8. The van der Waals surface area contributed by atoms with Crippen molar-refractivity contribution in [1.29, 1.82) is 0 Å².